The molecule has 0 bridgehead atoms. The Hall–Kier alpha value is -0.420. The van der Waals surface area contributed by atoms with E-state index < -0.39 is 0 Å². The van der Waals surface area contributed by atoms with Crippen LogP contribution < -0.4 is 5.73 Å². The van der Waals surface area contributed by atoms with Gasteiger partial charge in [0, 0.05) is 28.5 Å². The summed E-state index contributed by atoms with van der Waals surface area (Å²) in [5, 5.41) is 0.954. The van der Waals surface area contributed by atoms with Crippen molar-refractivity contribution >= 4 is 29.3 Å². The quantitative estimate of drug-likeness (QED) is 0.923. The molecule has 1 aromatic heterocycles. The summed E-state index contributed by atoms with van der Waals surface area (Å²) in [5.41, 5.74) is 7.00. The summed E-state index contributed by atoms with van der Waals surface area (Å²) in [6, 6.07) is 1.91. The van der Waals surface area contributed by atoms with E-state index in [9.17, 15) is 0 Å². The van der Waals surface area contributed by atoms with Crippen molar-refractivity contribution < 1.29 is 0 Å². The smallest absolute Gasteiger partial charge is 0.145 e. The largest absolute Gasteiger partial charge is 0.384 e. The van der Waals surface area contributed by atoms with Crippen LogP contribution in [-0.4, -0.2) is 26.7 Å². The zero-order chi connectivity index (χ0) is 13.1. The summed E-state index contributed by atoms with van der Waals surface area (Å²) in [7, 11) is 0. The van der Waals surface area contributed by atoms with E-state index in [1.165, 1.54) is 11.5 Å². The van der Waals surface area contributed by atoms with Gasteiger partial charge in [-0.2, -0.15) is 11.8 Å². The van der Waals surface area contributed by atoms with E-state index in [1.54, 1.807) is 0 Å². The van der Waals surface area contributed by atoms with Crippen LogP contribution in [0.3, 0.4) is 0 Å². The summed E-state index contributed by atoms with van der Waals surface area (Å²) < 4.78 is 0. The number of nitrogens with two attached hydrogens (primary N) is 1. The van der Waals surface area contributed by atoms with Gasteiger partial charge in [-0.1, -0.05) is 20.8 Å². The molecule has 1 aliphatic rings. The Bertz CT molecular complexity index is 409. The Kier molecular flexibility index (Phi) is 4.78. The lowest BCUT2D eigenvalue weighted by Crippen LogP contribution is -2.19. The molecule has 0 radical (unpaired) electrons. The summed E-state index contributed by atoms with van der Waals surface area (Å²) in [5.74, 6) is 4.54. The van der Waals surface area contributed by atoms with Gasteiger partial charge in [-0.15, -0.1) is 11.8 Å². The van der Waals surface area contributed by atoms with Crippen LogP contribution in [0.1, 0.15) is 37.5 Å². The number of aromatic nitrogens is 2. The maximum absolute atomic E-state index is 5.92. The van der Waals surface area contributed by atoms with Gasteiger partial charge in [0.2, 0.25) is 0 Å². The van der Waals surface area contributed by atoms with E-state index in [4.69, 9.17) is 10.7 Å². The molecule has 1 saturated heterocycles. The van der Waals surface area contributed by atoms with Gasteiger partial charge in [-0.3, -0.25) is 0 Å². The van der Waals surface area contributed by atoms with Gasteiger partial charge < -0.3 is 5.73 Å². The predicted molar refractivity (Wildman–Crippen MR) is 82.1 cm³/mol. The third-order valence-electron chi connectivity index (χ3n) is 2.88. The predicted octanol–water partition coefficient (Wildman–Crippen LogP) is 3.17. The number of hydrogen-bond donors (Lipinski definition) is 1. The molecule has 100 valence electrons. The number of nitrogens with zero attached hydrogens (tertiary/aromatic N) is 2. The van der Waals surface area contributed by atoms with Crippen molar-refractivity contribution in [3.05, 3.63) is 17.6 Å². The Labute approximate surface area is 118 Å². The van der Waals surface area contributed by atoms with E-state index in [-0.39, 0.29) is 0 Å². The van der Waals surface area contributed by atoms with Crippen LogP contribution in [0.4, 0.5) is 5.82 Å². The highest BCUT2D eigenvalue weighted by Crippen LogP contribution is 2.41. The molecule has 1 aromatic rings. The van der Waals surface area contributed by atoms with Gasteiger partial charge in [-0.05, 0) is 12.3 Å². The molecule has 0 aliphatic carbocycles. The Morgan fingerprint density at radius 3 is 2.72 bits per heavy atom. The Morgan fingerprint density at radius 2 is 2.06 bits per heavy atom. The van der Waals surface area contributed by atoms with Gasteiger partial charge in [0.25, 0.3) is 0 Å². The van der Waals surface area contributed by atoms with Crippen molar-refractivity contribution in [2.24, 2.45) is 5.92 Å². The molecule has 2 rings (SSSR count). The summed E-state index contributed by atoms with van der Waals surface area (Å²) in [6.45, 7) is 6.66. The van der Waals surface area contributed by atoms with E-state index in [1.807, 2.05) is 29.6 Å². The first-order chi connectivity index (χ1) is 8.56. The van der Waals surface area contributed by atoms with Gasteiger partial charge >= 0.3 is 0 Å². The number of thioether (sulfide) groups is 2. The van der Waals surface area contributed by atoms with Crippen LogP contribution in [0.2, 0.25) is 0 Å². The van der Waals surface area contributed by atoms with Gasteiger partial charge in [0.1, 0.15) is 11.6 Å². The maximum atomic E-state index is 5.92. The molecule has 2 atom stereocenters. The van der Waals surface area contributed by atoms with E-state index in [0.717, 1.165) is 17.9 Å². The Morgan fingerprint density at radius 1 is 1.33 bits per heavy atom. The highest BCUT2D eigenvalue weighted by atomic mass is 32.2. The maximum Gasteiger partial charge on any atom is 0.145 e. The molecule has 18 heavy (non-hydrogen) atoms. The minimum atomic E-state index is 0.387. The molecule has 2 heterocycles. The van der Waals surface area contributed by atoms with Crippen LogP contribution in [0, 0.1) is 5.92 Å². The van der Waals surface area contributed by atoms with E-state index in [0.29, 0.717) is 22.2 Å². The van der Waals surface area contributed by atoms with Crippen molar-refractivity contribution in [1.82, 2.24) is 9.97 Å². The standard InChI is InChI=1S/C13H21N3S2/c1-8(2)6-10-7-11(14)16-13(15-10)12-9(3)17-4-5-18-12/h7-9,12H,4-6H2,1-3H3,(H2,14,15,16). The SMILES string of the molecule is CC(C)Cc1cc(N)nc(C2SCCSC2C)n1. The molecule has 0 aromatic carbocycles. The topological polar surface area (TPSA) is 51.8 Å². The zero-order valence-electron chi connectivity index (χ0n) is 11.2. The molecule has 5 heteroatoms. The van der Waals surface area contributed by atoms with Gasteiger partial charge in [-0.25, -0.2) is 9.97 Å². The molecule has 1 fully saturated rings. The third-order valence-corrected chi connectivity index (χ3v) is 5.96. The normalized spacial score (nSPS) is 24.4. The summed E-state index contributed by atoms with van der Waals surface area (Å²) >= 11 is 3.96. The second-order valence-corrected chi connectivity index (χ2v) is 7.84. The second kappa shape index (κ2) is 6.15. The summed E-state index contributed by atoms with van der Waals surface area (Å²) in [4.78, 5) is 9.17. The summed E-state index contributed by atoms with van der Waals surface area (Å²) in [6.07, 6.45) is 0.971. The van der Waals surface area contributed by atoms with Crippen LogP contribution in [-0.2, 0) is 6.42 Å². The minimum Gasteiger partial charge on any atom is -0.384 e. The van der Waals surface area contributed by atoms with Crippen molar-refractivity contribution in [2.75, 3.05) is 17.2 Å². The van der Waals surface area contributed by atoms with Crippen molar-refractivity contribution in [3.8, 4) is 0 Å². The first-order valence-electron chi connectivity index (χ1n) is 6.43. The molecule has 0 spiro atoms. The highest BCUT2D eigenvalue weighted by Gasteiger charge is 2.27. The van der Waals surface area contributed by atoms with E-state index >= 15 is 0 Å². The molecular formula is C13H21N3S2. The number of anilines is 1. The van der Waals surface area contributed by atoms with Gasteiger partial charge in [0.15, 0.2) is 0 Å². The number of hydrogen-bond acceptors (Lipinski definition) is 5. The second-order valence-electron chi connectivity index (χ2n) is 5.11. The molecule has 2 unspecified atom stereocenters. The average Bonchev–Trinajstić information content (AvgIpc) is 2.27. The van der Waals surface area contributed by atoms with Crippen LogP contribution in [0.25, 0.3) is 0 Å². The fraction of sp³-hybridized carbons (Fsp3) is 0.692. The molecule has 0 amide bonds. The molecule has 2 N–H and O–H groups in total. The fourth-order valence-corrected chi connectivity index (χ4v) is 4.80. The first-order valence-corrected chi connectivity index (χ1v) is 8.52. The molecular weight excluding hydrogens is 262 g/mol. The average molecular weight is 283 g/mol. The van der Waals surface area contributed by atoms with Crippen LogP contribution in [0.5, 0.6) is 0 Å². The monoisotopic (exact) mass is 283 g/mol. The zero-order valence-corrected chi connectivity index (χ0v) is 12.9. The number of rotatable bonds is 3. The highest BCUT2D eigenvalue weighted by molar-refractivity contribution is 8.06. The lowest BCUT2D eigenvalue weighted by atomic mass is 10.1. The van der Waals surface area contributed by atoms with Crippen molar-refractivity contribution in [1.29, 1.82) is 0 Å². The molecule has 3 nitrogen and oxygen atoms in total. The molecule has 0 saturated carbocycles. The fourth-order valence-electron chi connectivity index (χ4n) is 2.11. The number of nitrogen functional groups attached to an aromatic ring is 1. The van der Waals surface area contributed by atoms with Crippen LogP contribution in [0.15, 0.2) is 6.07 Å². The minimum absolute atomic E-state index is 0.387. The van der Waals surface area contributed by atoms with E-state index in [2.05, 4.69) is 25.8 Å². The van der Waals surface area contributed by atoms with Crippen molar-refractivity contribution in [3.63, 3.8) is 0 Å². The third kappa shape index (κ3) is 3.54. The lowest BCUT2D eigenvalue weighted by molar-refractivity contribution is 0.629. The van der Waals surface area contributed by atoms with Gasteiger partial charge in [0.05, 0.1) is 5.25 Å². The lowest BCUT2D eigenvalue weighted by Gasteiger charge is -2.27. The molecule has 1 aliphatic heterocycles. The van der Waals surface area contributed by atoms with Crippen LogP contribution >= 0.6 is 23.5 Å². The van der Waals surface area contributed by atoms with Crippen molar-refractivity contribution in [2.45, 2.75) is 37.7 Å². The Balaban J connectivity index is 2.23. The first kappa shape index (κ1) is 14.0.